The zero-order chi connectivity index (χ0) is 34.4. The Balaban J connectivity index is 1.60. The molecule has 2 aliphatic rings. The Morgan fingerprint density at radius 2 is 1.32 bits per heavy atom. The normalized spacial score (nSPS) is 19.4. The maximum absolute atomic E-state index is 14.5. The van der Waals surface area contributed by atoms with Crippen LogP contribution >= 0.6 is 0 Å². The monoisotopic (exact) mass is 694 g/mol. The molecule has 2 heterocycles. The van der Waals surface area contributed by atoms with E-state index in [1.165, 1.54) is 9.80 Å². The lowest BCUT2D eigenvalue weighted by Gasteiger charge is -2.38. The molecule has 2 fully saturated rings. The van der Waals surface area contributed by atoms with Crippen LogP contribution in [0.2, 0.25) is 0 Å². The quantitative estimate of drug-likeness (QED) is 0.194. The highest BCUT2D eigenvalue weighted by Gasteiger charge is 2.73. The fraction of sp³-hybridized carbons (Fsp3) is 0.387. The summed E-state index contributed by atoms with van der Waals surface area (Å²) in [6, 6.07) is 7.68. The highest BCUT2D eigenvalue weighted by atomic mass is 32.2. The van der Waals surface area contributed by atoms with Gasteiger partial charge in [0, 0.05) is 37.3 Å². The lowest BCUT2D eigenvalue weighted by molar-refractivity contribution is -0.392. The molecular formula is C31H27F9N2O4S. The van der Waals surface area contributed by atoms with E-state index in [1.807, 2.05) is 0 Å². The minimum Gasteiger partial charge on any atom is -0.349 e. The van der Waals surface area contributed by atoms with E-state index in [0.717, 1.165) is 55.3 Å². The summed E-state index contributed by atoms with van der Waals surface area (Å²) in [5.74, 6) is -3.62. The van der Waals surface area contributed by atoms with E-state index in [0.29, 0.717) is 37.4 Å². The van der Waals surface area contributed by atoms with Gasteiger partial charge in [-0.2, -0.15) is 26.3 Å². The first-order valence-corrected chi connectivity index (χ1v) is 15.8. The Labute approximate surface area is 263 Å². The van der Waals surface area contributed by atoms with Crippen LogP contribution in [-0.4, -0.2) is 62.8 Å². The first-order valence-electron chi connectivity index (χ1n) is 14.3. The van der Waals surface area contributed by atoms with Crippen molar-refractivity contribution in [1.29, 1.82) is 0 Å². The van der Waals surface area contributed by atoms with Crippen molar-refractivity contribution in [3.05, 3.63) is 101 Å². The number of alkyl halides is 6. The Morgan fingerprint density at radius 3 is 1.85 bits per heavy atom. The molecule has 16 heteroatoms. The van der Waals surface area contributed by atoms with Crippen LogP contribution in [0.3, 0.4) is 0 Å². The Kier molecular flexibility index (Phi) is 9.07. The number of sulfone groups is 1. The van der Waals surface area contributed by atoms with Crippen molar-refractivity contribution in [1.82, 2.24) is 9.80 Å². The highest BCUT2D eigenvalue weighted by Crippen LogP contribution is 2.54. The maximum Gasteiger partial charge on any atom is 0.430 e. The van der Waals surface area contributed by atoms with Crippen LogP contribution in [0.15, 0.2) is 71.6 Å². The summed E-state index contributed by atoms with van der Waals surface area (Å²) in [5, 5.41) is 0. The number of halogens is 9. The number of ether oxygens (including phenoxy) is 1. The highest BCUT2D eigenvalue weighted by molar-refractivity contribution is 7.92. The van der Waals surface area contributed by atoms with Gasteiger partial charge in [0.2, 0.25) is 0 Å². The van der Waals surface area contributed by atoms with E-state index < -0.39 is 80.3 Å². The molecule has 0 aromatic heterocycles. The molecule has 47 heavy (non-hydrogen) atoms. The maximum atomic E-state index is 14.5. The van der Waals surface area contributed by atoms with Crippen LogP contribution in [0.1, 0.15) is 36.0 Å². The van der Waals surface area contributed by atoms with Gasteiger partial charge in [-0.3, -0.25) is 0 Å². The predicted molar refractivity (Wildman–Crippen MR) is 149 cm³/mol. The number of carbonyl (C=O) groups excluding carboxylic acids is 1. The molecule has 0 spiro atoms. The van der Waals surface area contributed by atoms with Gasteiger partial charge in [0.05, 0.1) is 11.5 Å². The molecule has 0 bridgehead atoms. The van der Waals surface area contributed by atoms with Crippen LogP contribution in [-0.2, 0) is 31.5 Å². The van der Waals surface area contributed by atoms with Gasteiger partial charge < -0.3 is 14.5 Å². The average Bonchev–Trinajstić information content (AvgIpc) is 3.70. The standard InChI is InChI=1S/C31H27F9N2O4S/c32-22-10-12-23(13-11-22)47(44,45)28(14-17-42(19-28)27(43)41-15-1-2-16-41)20-6-8-21(9-7-20)29(30(35,36)37,31(38,39)40)46-18-24-25(33)4-3-5-26(24)34/h3-13H,1-2,14-19H2. The van der Waals surface area contributed by atoms with Gasteiger partial charge in [-0.1, -0.05) is 30.3 Å². The zero-order valence-corrected chi connectivity index (χ0v) is 25.2. The molecule has 6 nitrogen and oxygen atoms in total. The molecule has 0 aliphatic carbocycles. The number of carbonyl (C=O) groups is 1. The Bertz CT molecular complexity index is 1690. The number of nitrogens with zero attached hydrogens (tertiary/aromatic N) is 2. The van der Waals surface area contributed by atoms with Crippen LogP contribution in [0.5, 0.6) is 0 Å². The van der Waals surface area contributed by atoms with Gasteiger partial charge in [-0.25, -0.2) is 26.4 Å². The van der Waals surface area contributed by atoms with Crippen molar-refractivity contribution in [3.8, 4) is 0 Å². The summed E-state index contributed by atoms with van der Waals surface area (Å²) in [4.78, 5) is 15.6. The second kappa shape index (κ2) is 12.3. The average molecular weight is 695 g/mol. The van der Waals surface area contributed by atoms with E-state index in [-0.39, 0.29) is 23.4 Å². The van der Waals surface area contributed by atoms with Gasteiger partial charge in [-0.05, 0) is 61.2 Å². The molecule has 2 amide bonds. The molecule has 1 atom stereocenters. The number of urea groups is 1. The van der Waals surface area contributed by atoms with Crippen molar-refractivity contribution in [2.45, 2.75) is 53.5 Å². The van der Waals surface area contributed by atoms with Gasteiger partial charge >= 0.3 is 18.4 Å². The molecule has 3 aromatic rings. The number of hydrogen-bond acceptors (Lipinski definition) is 4. The summed E-state index contributed by atoms with van der Waals surface area (Å²) in [5.41, 5.74) is -8.01. The Morgan fingerprint density at radius 1 is 0.766 bits per heavy atom. The van der Waals surface area contributed by atoms with E-state index in [2.05, 4.69) is 4.74 Å². The van der Waals surface area contributed by atoms with Crippen LogP contribution in [0.4, 0.5) is 44.3 Å². The lowest BCUT2D eigenvalue weighted by Crippen LogP contribution is -2.56. The number of rotatable bonds is 7. The fourth-order valence-electron chi connectivity index (χ4n) is 6.10. The summed E-state index contributed by atoms with van der Waals surface area (Å²) >= 11 is 0. The largest absolute Gasteiger partial charge is 0.430 e. The molecular weight excluding hydrogens is 667 g/mol. The summed E-state index contributed by atoms with van der Waals surface area (Å²) in [7, 11) is -4.56. The molecule has 254 valence electrons. The van der Waals surface area contributed by atoms with Crippen molar-refractivity contribution in [3.63, 3.8) is 0 Å². The van der Waals surface area contributed by atoms with Gasteiger partial charge in [0.1, 0.15) is 22.2 Å². The molecule has 2 saturated heterocycles. The van der Waals surface area contributed by atoms with Gasteiger partial charge in [-0.15, -0.1) is 0 Å². The van der Waals surface area contributed by atoms with Crippen LogP contribution in [0, 0.1) is 17.5 Å². The van der Waals surface area contributed by atoms with Crippen molar-refractivity contribution < 1.29 is 57.5 Å². The Hall–Kier alpha value is -3.79. The third kappa shape index (κ3) is 5.94. The van der Waals surface area contributed by atoms with Crippen molar-refractivity contribution in [2.75, 3.05) is 26.2 Å². The second-order valence-electron chi connectivity index (χ2n) is 11.3. The number of benzene rings is 3. The fourth-order valence-corrected chi connectivity index (χ4v) is 8.18. The van der Waals surface area contributed by atoms with E-state index >= 15 is 0 Å². The molecule has 3 aromatic carbocycles. The number of amides is 2. The minimum atomic E-state index is -6.21. The smallest absolute Gasteiger partial charge is 0.349 e. The van der Waals surface area contributed by atoms with E-state index in [1.54, 1.807) is 0 Å². The predicted octanol–water partition coefficient (Wildman–Crippen LogP) is 7.23. The van der Waals surface area contributed by atoms with E-state index in [4.69, 9.17) is 0 Å². The first-order chi connectivity index (χ1) is 21.9. The summed E-state index contributed by atoms with van der Waals surface area (Å²) in [6.07, 6.45) is -11.2. The van der Waals surface area contributed by atoms with E-state index in [9.17, 15) is 52.7 Å². The topological polar surface area (TPSA) is 66.9 Å². The third-order valence-electron chi connectivity index (χ3n) is 8.63. The molecule has 0 saturated carbocycles. The molecule has 1 unspecified atom stereocenters. The lowest BCUT2D eigenvalue weighted by atomic mass is 9.88. The van der Waals surface area contributed by atoms with Crippen LogP contribution < -0.4 is 0 Å². The third-order valence-corrected chi connectivity index (χ3v) is 11.1. The van der Waals surface area contributed by atoms with Gasteiger partial charge in [0.15, 0.2) is 9.84 Å². The van der Waals surface area contributed by atoms with Gasteiger partial charge in [0.25, 0.3) is 5.60 Å². The molecule has 2 aliphatic heterocycles. The van der Waals surface area contributed by atoms with Crippen LogP contribution in [0.25, 0.3) is 0 Å². The summed E-state index contributed by atoms with van der Waals surface area (Å²) < 4.78 is 159. The molecule has 0 N–H and O–H groups in total. The number of hydrogen-bond donors (Lipinski definition) is 0. The first kappa shape index (κ1) is 34.5. The second-order valence-corrected chi connectivity index (χ2v) is 13.6. The summed E-state index contributed by atoms with van der Waals surface area (Å²) in [6.45, 7) is -1.50. The molecule has 5 rings (SSSR count). The zero-order valence-electron chi connectivity index (χ0n) is 24.3. The van der Waals surface area contributed by atoms with Crippen molar-refractivity contribution >= 4 is 15.9 Å². The SMILES string of the molecule is O=C(N1CCCC1)N1CCC(c2ccc(C(OCc3c(F)cccc3F)(C(F)(F)F)C(F)(F)F)cc2)(S(=O)(=O)c2ccc(F)cc2)C1. The van der Waals surface area contributed by atoms with Crippen molar-refractivity contribution in [2.24, 2.45) is 0 Å². The molecule has 0 radical (unpaired) electrons. The number of likely N-dealkylation sites (tertiary alicyclic amines) is 2. The minimum absolute atomic E-state index is 0.107.